The van der Waals surface area contributed by atoms with Crippen molar-refractivity contribution in [3.05, 3.63) is 0 Å². The van der Waals surface area contributed by atoms with Gasteiger partial charge in [0.15, 0.2) is 0 Å². The van der Waals surface area contributed by atoms with Gasteiger partial charge >= 0.3 is 0 Å². The highest BCUT2D eigenvalue weighted by Gasteiger charge is 2.27. The van der Waals surface area contributed by atoms with Crippen LogP contribution in [-0.2, 0) is 0 Å². The zero-order chi connectivity index (χ0) is 11.4. The Morgan fingerprint density at radius 1 is 1.21 bits per heavy atom. The number of hydrogen-bond acceptors (Lipinski definition) is 2. The molecule has 0 rings (SSSR count). The maximum absolute atomic E-state index is 3.50. The molecule has 1 unspecified atom stereocenters. The van der Waals surface area contributed by atoms with Gasteiger partial charge in [0.05, 0.1) is 0 Å². The van der Waals surface area contributed by atoms with Crippen LogP contribution in [0.3, 0.4) is 0 Å². The van der Waals surface area contributed by atoms with Crippen molar-refractivity contribution in [3.8, 4) is 0 Å². The van der Waals surface area contributed by atoms with Crippen molar-refractivity contribution in [2.75, 3.05) is 20.1 Å². The summed E-state index contributed by atoms with van der Waals surface area (Å²) in [5, 5.41) is 3.50. The average molecular weight is 200 g/mol. The van der Waals surface area contributed by atoms with E-state index in [9.17, 15) is 0 Å². The van der Waals surface area contributed by atoms with Crippen LogP contribution in [0.2, 0.25) is 0 Å². The largest absolute Gasteiger partial charge is 0.314 e. The zero-order valence-electron chi connectivity index (χ0n) is 11.0. The van der Waals surface area contributed by atoms with Crippen LogP contribution in [0.5, 0.6) is 0 Å². The zero-order valence-corrected chi connectivity index (χ0v) is 11.0. The molecule has 0 saturated carbocycles. The fourth-order valence-electron chi connectivity index (χ4n) is 1.54. The molecule has 0 aliphatic rings. The molecule has 0 aliphatic carbocycles. The number of nitrogens with zero attached hydrogens (tertiary/aromatic N) is 1. The highest BCUT2D eigenvalue weighted by molar-refractivity contribution is 4.83. The lowest BCUT2D eigenvalue weighted by atomic mass is 9.84. The second-order valence-corrected chi connectivity index (χ2v) is 5.28. The summed E-state index contributed by atoms with van der Waals surface area (Å²) in [6.45, 7) is 15.8. The molecule has 2 heteroatoms. The minimum absolute atomic E-state index is 0.328. The van der Waals surface area contributed by atoms with Crippen molar-refractivity contribution in [2.45, 2.75) is 53.6 Å². The lowest BCUT2D eigenvalue weighted by molar-refractivity contribution is 0.142. The lowest BCUT2D eigenvalue weighted by Gasteiger charge is -2.37. The van der Waals surface area contributed by atoms with Gasteiger partial charge in [0.1, 0.15) is 0 Å². The van der Waals surface area contributed by atoms with Crippen LogP contribution in [0, 0.1) is 5.41 Å². The quantitative estimate of drug-likeness (QED) is 0.708. The lowest BCUT2D eigenvalue weighted by Crippen LogP contribution is -2.47. The smallest absolute Gasteiger partial charge is 0.0102 e. The van der Waals surface area contributed by atoms with Crippen LogP contribution >= 0.6 is 0 Å². The highest BCUT2D eigenvalue weighted by Crippen LogP contribution is 2.22. The van der Waals surface area contributed by atoms with Crippen molar-refractivity contribution >= 4 is 0 Å². The second-order valence-electron chi connectivity index (χ2n) is 5.28. The van der Waals surface area contributed by atoms with E-state index >= 15 is 0 Å². The number of rotatable bonds is 6. The summed E-state index contributed by atoms with van der Waals surface area (Å²) in [6.07, 6.45) is 0. The van der Waals surface area contributed by atoms with E-state index in [0.29, 0.717) is 17.5 Å². The minimum atomic E-state index is 0.328. The number of hydrogen-bond donors (Lipinski definition) is 1. The molecule has 0 aromatic carbocycles. The summed E-state index contributed by atoms with van der Waals surface area (Å²) >= 11 is 0. The highest BCUT2D eigenvalue weighted by atomic mass is 15.1. The van der Waals surface area contributed by atoms with Gasteiger partial charge in [-0.15, -0.1) is 0 Å². The number of nitrogens with one attached hydrogen (secondary N) is 1. The van der Waals surface area contributed by atoms with Crippen molar-refractivity contribution in [1.29, 1.82) is 0 Å². The Morgan fingerprint density at radius 2 is 1.71 bits per heavy atom. The Hall–Kier alpha value is -0.0800. The summed E-state index contributed by atoms with van der Waals surface area (Å²) in [6, 6.07) is 1.19. The first-order valence-corrected chi connectivity index (χ1v) is 5.75. The molecule has 0 amide bonds. The van der Waals surface area contributed by atoms with Gasteiger partial charge in [-0.05, 0) is 39.8 Å². The maximum atomic E-state index is 3.50. The average Bonchev–Trinajstić information content (AvgIpc) is 2.03. The maximum Gasteiger partial charge on any atom is 0.0102 e. The van der Waals surface area contributed by atoms with Crippen LogP contribution in [-0.4, -0.2) is 37.1 Å². The molecule has 1 N–H and O–H groups in total. The molecule has 14 heavy (non-hydrogen) atoms. The van der Waals surface area contributed by atoms with Crippen molar-refractivity contribution in [3.63, 3.8) is 0 Å². The Morgan fingerprint density at radius 3 is 2.07 bits per heavy atom. The summed E-state index contributed by atoms with van der Waals surface area (Å²) in [7, 11) is 2.20. The van der Waals surface area contributed by atoms with E-state index in [2.05, 4.69) is 58.8 Å². The van der Waals surface area contributed by atoms with Crippen LogP contribution < -0.4 is 5.32 Å². The van der Waals surface area contributed by atoms with Gasteiger partial charge in [-0.25, -0.2) is 0 Å². The SMILES string of the molecule is CCNC(C)C(C)(C)CN(C)C(C)C. The molecule has 0 radical (unpaired) electrons. The monoisotopic (exact) mass is 200 g/mol. The van der Waals surface area contributed by atoms with Crippen LogP contribution in [0.25, 0.3) is 0 Å². The molecule has 1 atom stereocenters. The molecule has 0 heterocycles. The Balaban J connectivity index is 4.17. The normalized spacial score (nSPS) is 15.2. The van der Waals surface area contributed by atoms with Gasteiger partial charge in [0.25, 0.3) is 0 Å². The molecule has 0 fully saturated rings. The van der Waals surface area contributed by atoms with Gasteiger partial charge in [-0.1, -0.05) is 20.8 Å². The summed E-state index contributed by atoms with van der Waals surface area (Å²) < 4.78 is 0. The first kappa shape index (κ1) is 13.9. The first-order chi connectivity index (χ1) is 6.31. The van der Waals surface area contributed by atoms with Crippen molar-refractivity contribution in [1.82, 2.24) is 10.2 Å². The van der Waals surface area contributed by atoms with Crippen LogP contribution in [0.1, 0.15) is 41.5 Å². The summed E-state index contributed by atoms with van der Waals surface area (Å²) in [4.78, 5) is 2.41. The Labute approximate surface area is 90.1 Å². The minimum Gasteiger partial charge on any atom is -0.314 e. The third-order valence-electron chi connectivity index (χ3n) is 3.22. The molecular weight excluding hydrogens is 172 g/mol. The molecule has 0 aliphatic heterocycles. The predicted molar refractivity (Wildman–Crippen MR) is 64.7 cm³/mol. The van der Waals surface area contributed by atoms with Gasteiger partial charge in [0.2, 0.25) is 0 Å². The molecule has 2 nitrogen and oxygen atoms in total. The Kier molecular flexibility index (Phi) is 5.68. The molecule has 0 spiro atoms. The van der Waals surface area contributed by atoms with E-state index in [0.717, 1.165) is 13.1 Å². The summed E-state index contributed by atoms with van der Waals surface area (Å²) in [5.74, 6) is 0. The van der Waals surface area contributed by atoms with Crippen LogP contribution in [0.4, 0.5) is 0 Å². The second kappa shape index (κ2) is 5.72. The van der Waals surface area contributed by atoms with Gasteiger partial charge in [-0.2, -0.15) is 0 Å². The van der Waals surface area contributed by atoms with E-state index in [1.54, 1.807) is 0 Å². The van der Waals surface area contributed by atoms with Gasteiger partial charge in [-0.3, -0.25) is 0 Å². The van der Waals surface area contributed by atoms with Gasteiger partial charge < -0.3 is 10.2 Å². The molecule has 0 bridgehead atoms. The molecule has 0 aromatic rings. The molecule has 0 aromatic heterocycles. The van der Waals surface area contributed by atoms with E-state index in [-0.39, 0.29) is 0 Å². The standard InChI is InChI=1S/C12H28N2/c1-8-13-11(4)12(5,6)9-14(7)10(2)3/h10-11,13H,8-9H2,1-7H3. The van der Waals surface area contributed by atoms with E-state index in [1.807, 2.05) is 0 Å². The third kappa shape index (κ3) is 4.43. The first-order valence-electron chi connectivity index (χ1n) is 5.75. The molecular formula is C12H28N2. The Bertz CT molecular complexity index is 152. The van der Waals surface area contributed by atoms with Crippen molar-refractivity contribution in [2.24, 2.45) is 5.41 Å². The molecule has 0 saturated heterocycles. The van der Waals surface area contributed by atoms with Crippen molar-refractivity contribution < 1.29 is 0 Å². The fourth-order valence-corrected chi connectivity index (χ4v) is 1.54. The van der Waals surface area contributed by atoms with E-state index < -0.39 is 0 Å². The fraction of sp³-hybridized carbons (Fsp3) is 1.00. The van der Waals surface area contributed by atoms with Gasteiger partial charge in [0, 0.05) is 18.6 Å². The van der Waals surface area contributed by atoms with E-state index in [1.165, 1.54) is 0 Å². The topological polar surface area (TPSA) is 15.3 Å². The summed E-state index contributed by atoms with van der Waals surface area (Å²) in [5.41, 5.74) is 0.328. The van der Waals surface area contributed by atoms with E-state index in [4.69, 9.17) is 0 Å². The third-order valence-corrected chi connectivity index (χ3v) is 3.22. The predicted octanol–water partition coefficient (Wildman–Crippen LogP) is 2.35. The van der Waals surface area contributed by atoms with Crippen LogP contribution in [0.15, 0.2) is 0 Å². The molecule has 86 valence electrons.